The van der Waals surface area contributed by atoms with Crippen molar-refractivity contribution in [3.05, 3.63) is 42.1 Å². The SMILES string of the molecule is CC(Nc1ccc(N(C)C)nc1)c1cc(O)ccc1O. The van der Waals surface area contributed by atoms with Gasteiger partial charge in [0.1, 0.15) is 17.3 Å². The molecule has 0 spiro atoms. The van der Waals surface area contributed by atoms with E-state index in [9.17, 15) is 10.2 Å². The molecule has 3 N–H and O–H groups in total. The van der Waals surface area contributed by atoms with Gasteiger partial charge in [-0.25, -0.2) is 4.98 Å². The molecule has 0 aliphatic carbocycles. The predicted molar refractivity (Wildman–Crippen MR) is 80.4 cm³/mol. The topological polar surface area (TPSA) is 68.6 Å². The minimum Gasteiger partial charge on any atom is -0.508 e. The van der Waals surface area contributed by atoms with Gasteiger partial charge in [0, 0.05) is 19.7 Å². The van der Waals surface area contributed by atoms with Gasteiger partial charge < -0.3 is 20.4 Å². The summed E-state index contributed by atoms with van der Waals surface area (Å²) in [7, 11) is 3.87. The molecular weight excluding hydrogens is 254 g/mol. The fourth-order valence-corrected chi connectivity index (χ4v) is 1.95. The first-order chi connectivity index (χ1) is 9.47. The Balaban J connectivity index is 2.14. The third-order valence-corrected chi connectivity index (χ3v) is 3.07. The lowest BCUT2D eigenvalue weighted by molar-refractivity contribution is 0.451. The lowest BCUT2D eigenvalue weighted by Crippen LogP contribution is -2.11. The number of benzene rings is 1. The van der Waals surface area contributed by atoms with E-state index in [0.29, 0.717) is 5.56 Å². The number of phenols is 2. The molecule has 5 heteroatoms. The standard InChI is InChI=1S/C15H19N3O2/c1-10(13-8-12(19)5-6-14(13)20)17-11-4-7-15(16-9-11)18(2)3/h4-10,17,19-20H,1-3H3. The zero-order valence-electron chi connectivity index (χ0n) is 11.8. The van der Waals surface area contributed by atoms with Gasteiger partial charge in [-0.1, -0.05) is 0 Å². The van der Waals surface area contributed by atoms with Gasteiger partial charge >= 0.3 is 0 Å². The Morgan fingerprint density at radius 3 is 2.50 bits per heavy atom. The second kappa shape index (κ2) is 5.69. The average molecular weight is 273 g/mol. The van der Waals surface area contributed by atoms with Gasteiger partial charge in [-0.05, 0) is 37.3 Å². The number of phenolic OH excluding ortho intramolecular Hbond substituents is 2. The molecule has 0 amide bonds. The third-order valence-electron chi connectivity index (χ3n) is 3.07. The number of anilines is 2. The van der Waals surface area contributed by atoms with Gasteiger partial charge in [0.15, 0.2) is 0 Å². The summed E-state index contributed by atoms with van der Waals surface area (Å²) in [6.07, 6.45) is 1.74. The number of aromatic nitrogens is 1. The highest BCUT2D eigenvalue weighted by Gasteiger charge is 2.11. The van der Waals surface area contributed by atoms with E-state index in [0.717, 1.165) is 11.5 Å². The second-order valence-electron chi connectivity index (χ2n) is 4.91. The zero-order chi connectivity index (χ0) is 14.7. The second-order valence-corrected chi connectivity index (χ2v) is 4.91. The first-order valence-electron chi connectivity index (χ1n) is 6.39. The molecule has 2 aromatic rings. The highest BCUT2D eigenvalue weighted by Crippen LogP contribution is 2.30. The van der Waals surface area contributed by atoms with Crippen molar-refractivity contribution in [2.75, 3.05) is 24.3 Å². The van der Waals surface area contributed by atoms with Crippen LogP contribution in [0.15, 0.2) is 36.5 Å². The van der Waals surface area contributed by atoms with Crippen molar-refractivity contribution in [3.63, 3.8) is 0 Å². The van der Waals surface area contributed by atoms with E-state index in [2.05, 4.69) is 10.3 Å². The zero-order valence-corrected chi connectivity index (χ0v) is 11.8. The summed E-state index contributed by atoms with van der Waals surface area (Å²) in [6.45, 7) is 1.91. The van der Waals surface area contributed by atoms with E-state index in [-0.39, 0.29) is 17.5 Å². The lowest BCUT2D eigenvalue weighted by Gasteiger charge is -2.18. The molecule has 1 unspecified atom stereocenters. The molecule has 0 radical (unpaired) electrons. The van der Waals surface area contributed by atoms with Gasteiger partial charge in [0.2, 0.25) is 0 Å². The average Bonchev–Trinajstić information content (AvgIpc) is 2.42. The van der Waals surface area contributed by atoms with Crippen LogP contribution in [0.2, 0.25) is 0 Å². The number of nitrogens with zero attached hydrogens (tertiary/aromatic N) is 2. The summed E-state index contributed by atoms with van der Waals surface area (Å²) in [5.74, 6) is 1.16. The summed E-state index contributed by atoms with van der Waals surface area (Å²) in [6, 6.07) is 8.19. The molecule has 0 aliphatic heterocycles. The van der Waals surface area contributed by atoms with Crippen molar-refractivity contribution >= 4 is 11.5 Å². The Kier molecular flexibility index (Phi) is 3.98. The van der Waals surface area contributed by atoms with Gasteiger partial charge in [-0.3, -0.25) is 0 Å². The van der Waals surface area contributed by atoms with Crippen LogP contribution in [-0.2, 0) is 0 Å². The van der Waals surface area contributed by atoms with Gasteiger partial charge in [-0.2, -0.15) is 0 Å². The van der Waals surface area contributed by atoms with Crippen molar-refractivity contribution < 1.29 is 10.2 Å². The summed E-state index contributed by atoms with van der Waals surface area (Å²) in [5, 5.41) is 22.6. The molecule has 1 aromatic carbocycles. The summed E-state index contributed by atoms with van der Waals surface area (Å²) in [5.41, 5.74) is 1.49. The summed E-state index contributed by atoms with van der Waals surface area (Å²) >= 11 is 0. The van der Waals surface area contributed by atoms with Crippen molar-refractivity contribution in [2.45, 2.75) is 13.0 Å². The van der Waals surface area contributed by atoms with Crippen LogP contribution < -0.4 is 10.2 Å². The number of pyridine rings is 1. The number of hydrogen-bond donors (Lipinski definition) is 3. The Bertz CT molecular complexity index is 582. The van der Waals surface area contributed by atoms with Crippen LogP contribution in [0.5, 0.6) is 11.5 Å². The number of aromatic hydroxyl groups is 2. The van der Waals surface area contributed by atoms with E-state index in [1.807, 2.05) is 38.1 Å². The van der Waals surface area contributed by atoms with Crippen molar-refractivity contribution in [1.82, 2.24) is 4.98 Å². The maximum absolute atomic E-state index is 9.83. The van der Waals surface area contributed by atoms with Crippen molar-refractivity contribution in [3.8, 4) is 11.5 Å². The third kappa shape index (κ3) is 3.12. The Hall–Kier alpha value is -2.43. The number of hydrogen-bond acceptors (Lipinski definition) is 5. The van der Waals surface area contributed by atoms with E-state index in [1.165, 1.54) is 12.1 Å². The van der Waals surface area contributed by atoms with Crippen LogP contribution >= 0.6 is 0 Å². The van der Waals surface area contributed by atoms with Gasteiger partial charge in [0.05, 0.1) is 17.9 Å². The van der Waals surface area contributed by atoms with Crippen LogP contribution in [-0.4, -0.2) is 29.3 Å². The predicted octanol–water partition coefficient (Wildman–Crippen LogP) is 2.73. The van der Waals surface area contributed by atoms with Gasteiger partial charge in [-0.15, -0.1) is 0 Å². The Morgan fingerprint density at radius 1 is 1.15 bits per heavy atom. The molecule has 0 saturated heterocycles. The van der Waals surface area contributed by atoms with Crippen LogP contribution in [0, 0.1) is 0 Å². The maximum atomic E-state index is 9.83. The molecule has 0 aliphatic rings. The Labute approximate surface area is 118 Å². The van der Waals surface area contributed by atoms with Crippen LogP contribution in [0.3, 0.4) is 0 Å². The number of rotatable bonds is 4. The van der Waals surface area contributed by atoms with E-state index >= 15 is 0 Å². The van der Waals surface area contributed by atoms with Crippen LogP contribution in [0.1, 0.15) is 18.5 Å². The normalized spacial score (nSPS) is 11.9. The smallest absolute Gasteiger partial charge is 0.128 e. The fourth-order valence-electron chi connectivity index (χ4n) is 1.95. The maximum Gasteiger partial charge on any atom is 0.128 e. The monoisotopic (exact) mass is 273 g/mol. The molecule has 2 rings (SSSR count). The molecule has 1 atom stereocenters. The molecule has 0 saturated carbocycles. The minimum absolute atomic E-state index is 0.132. The van der Waals surface area contributed by atoms with E-state index < -0.39 is 0 Å². The first-order valence-corrected chi connectivity index (χ1v) is 6.39. The summed E-state index contributed by atoms with van der Waals surface area (Å²) < 4.78 is 0. The molecule has 1 heterocycles. The minimum atomic E-state index is -0.144. The summed E-state index contributed by atoms with van der Waals surface area (Å²) in [4.78, 5) is 6.24. The first kappa shape index (κ1) is 14.0. The van der Waals surface area contributed by atoms with E-state index in [4.69, 9.17) is 0 Å². The molecule has 106 valence electrons. The largest absolute Gasteiger partial charge is 0.508 e. The van der Waals surface area contributed by atoms with Gasteiger partial charge in [0.25, 0.3) is 0 Å². The quantitative estimate of drug-likeness (QED) is 0.747. The molecule has 0 bridgehead atoms. The molecule has 20 heavy (non-hydrogen) atoms. The number of nitrogens with one attached hydrogen (secondary N) is 1. The van der Waals surface area contributed by atoms with Crippen molar-refractivity contribution in [1.29, 1.82) is 0 Å². The highest BCUT2D eigenvalue weighted by molar-refractivity contribution is 5.51. The van der Waals surface area contributed by atoms with Crippen LogP contribution in [0.25, 0.3) is 0 Å². The lowest BCUT2D eigenvalue weighted by atomic mass is 10.1. The molecule has 5 nitrogen and oxygen atoms in total. The highest BCUT2D eigenvalue weighted by atomic mass is 16.3. The van der Waals surface area contributed by atoms with Crippen molar-refractivity contribution in [2.24, 2.45) is 0 Å². The molecule has 0 fully saturated rings. The fraction of sp³-hybridized carbons (Fsp3) is 0.267. The van der Waals surface area contributed by atoms with E-state index in [1.54, 1.807) is 12.3 Å². The Morgan fingerprint density at radius 2 is 1.90 bits per heavy atom. The molecular formula is C15H19N3O2. The van der Waals surface area contributed by atoms with Crippen LogP contribution in [0.4, 0.5) is 11.5 Å². The molecule has 1 aromatic heterocycles.